The summed E-state index contributed by atoms with van der Waals surface area (Å²) in [6.45, 7) is 1.89. The number of nitrogen functional groups attached to an aromatic ring is 1. The maximum absolute atomic E-state index is 5.74. The van der Waals surface area contributed by atoms with Gasteiger partial charge in [0.05, 0.1) is 17.4 Å². The molecular weight excluding hydrogens is 252 g/mol. The fourth-order valence-corrected chi connectivity index (χ4v) is 2.16. The number of nitrogens with zero attached hydrogens (tertiary/aromatic N) is 3. The van der Waals surface area contributed by atoms with Gasteiger partial charge in [-0.15, -0.1) is 0 Å². The first-order chi connectivity index (χ1) is 9.81. The number of hydrogen-bond donors (Lipinski definition) is 3. The molecule has 2 aromatic heterocycles. The highest BCUT2D eigenvalue weighted by molar-refractivity contribution is 5.80. The summed E-state index contributed by atoms with van der Waals surface area (Å²) >= 11 is 0. The molecule has 0 spiro atoms. The maximum atomic E-state index is 5.74. The van der Waals surface area contributed by atoms with Gasteiger partial charge >= 0.3 is 0 Å². The molecule has 0 radical (unpaired) electrons. The van der Waals surface area contributed by atoms with Crippen LogP contribution in [0.5, 0.6) is 0 Å². The second kappa shape index (κ2) is 5.64. The molecule has 2 heterocycles. The summed E-state index contributed by atoms with van der Waals surface area (Å²) in [5.74, 6) is 0.799. The number of aromatic amines is 1. The number of imidazole rings is 2. The Morgan fingerprint density at radius 3 is 3.10 bits per heavy atom. The summed E-state index contributed by atoms with van der Waals surface area (Å²) in [7, 11) is 0. The van der Waals surface area contributed by atoms with Crippen LogP contribution in [0.15, 0.2) is 36.9 Å². The van der Waals surface area contributed by atoms with Crippen LogP contribution < -0.4 is 11.1 Å². The molecule has 104 valence electrons. The summed E-state index contributed by atoms with van der Waals surface area (Å²) in [6.07, 6.45) is 7.82. The van der Waals surface area contributed by atoms with Crippen LogP contribution in [-0.2, 0) is 6.54 Å². The van der Waals surface area contributed by atoms with E-state index in [-0.39, 0.29) is 0 Å². The number of H-pyrrole nitrogens is 1. The fourth-order valence-electron chi connectivity index (χ4n) is 2.16. The molecule has 20 heavy (non-hydrogen) atoms. The molecule has 0 unspecified atom stereocenters. The van der Waals surface area contributed by atoms with Gasteiger partial charge in [0.2, 0.25) is 5.95 Å². The van der Waals surface area contributed by atoms with E-state index in [9.17, 15) is 0 Å². The van der Waals surface area contributed by atoms with Crippen LogP contribution in [0.4, 0.5) is 11.6 Å². The van der Waals surface area contributed by atoms with Gasteiger partial charge in [0.15, 0.2) is 0 Å². The standard InChI is InChI=1S/C14H18N6/c15-11-3-4-12-13(9-11)19-14(18-12)17-5-1-2-7-20-8-6-16-10-20/h3-4,6,8-10H,1-2,5,7,15H2,(H2,17,18,19). The second-order valence-electron chi connectivity index (χ2n) is 4.80. The predicted molar refractivity (Wildman–Crippen MR) is 80.5 cm³/mol. The SMILES string of the molecule is Nc1ccc2nc(NCCCCn3ccnc3)[nH]c2c1. The van der Waals surface area contributed by atoms with E-state index in [2.05, 4.69) is 24.8 Å². The van der Waals surface area contributed by atoms with Crippen molar-refractivity contribution in [2.75, 3.05) is 17.6 Å². The van der Waals surface area contributed by atoms with E-state index >= 15 is 0 Å². The van der Waals surface area contributed by atoms with Crippen molar-refractivity contribution in [2.45, 2.75) is 19.4 Å². The normalized spacial score (nSPS) is 11.0. The number of fused-ring (bicyclic) bond motifs is 1. The van der Waals surface area contributed by atoms with Gasteiger partial charge in [0.25, 0.3) is 0 Å². The molecule has 0 bridgehead atoms. The third-order valence-corrected chi connectivity index (χ3v) is 3.20. The Kier molecular flexibility index (Phi) is 3.54. The molecule has 4 N–H and O–H groups in total. The van der Waals surface area contributed by atoms with Crippen LogP contribution in [0.3, 0.4) is 0 Å². The third-order valence-electron chi connectivity index (χ3n) is 3.20. The number of aromatic nitrogens is 4. The van der Waals surface area contributed by atoms with Gasteiger partial charge in [0, 0.05) is 31.2 Å². The highest BCUT2D eigenvalue weighted by Crippen LogP contribution is 2.17. The minimum Gasteiger partial charge on any atom is -0.399 e. The van der Waals surface area contributed by atoms with E-state index in [1.165, 1.54) is 0 Å². The zero-order chi connectivity index (χ0) is 13.8. The lowest BCUT2D eigenvalue weighted by atomic mass is 10.3. The number of benzene rings is 1. The van der Waals surface area contributed by atoms with Crippen LogP contribution in [0, 0.1) is 0 Å². The van der Waals surface area contributed by atoms with Gasteiger partial charge < -0.3 is 20.6 Å². The lowest BCUT2D eigenvalue weighted by Crippen LogP contribution is -2.04. The molecule has 0 amide bonds. The van der Waals surface area contributed by atoms with Crippen molar-refractivity contribution in [2.24, 2.45) is 0 Å². The number of anilines is 2. The zero-order valence-corrected chi connectivity index (χ0v) is 11.2. The molecule has 0 aliphatic heterocycles. The van der Waals surface area contributed by atoms with Crippen molar-refractivity contribution in [1.29, 1.82) is 0 Å². The van der Waals surface area contributed by atoms with Crippen molar-refractivity contribution in [3.8, 4) is 0 Å². The van der Waals surface area contributed by atoms with E-state index in [0.717, 1.165) is 48.6 Å². The van der Waals surface area contributed by atoms with Crippen molar-refractivity contribution >= 4 is 22.7 Å². The van der Waals surface area contributed by atoms with Crippen LogP contribution in [0.1, 0.15) is 12.8 Å². The average molecular weight is 270 g/mol. The van der Waals surface area contributed by atoms with Gasteiger partial charge in [-0.2, -0.15) is 0 Å². The van der Waals surface area contributed by atoms with Crippen molar-refractivity contribution in [1.82, 2.24) is 19.5 Å². The fraction of sp³-hybridized carbons (Fsp3) is 0.286. The van der Waals surface area contributed by atoms with Crippen LogP contribution >= 0.6 is 0 Å². The number of nitrogens with two attached hydrogens (primary N) is 1. The molecule has 0 saturated carbocycles. The number of unbranched alkanes of at least 4 members (excludes halogenated alkanes) is 1. The smallest absolute Gasteiger partial charge is 0.201 e. The van der Waals surface area contributed by atoms with Crippen molar-refractivity contribution < 1.29 is 0 Å². The zero-order valence-electron chi connectivity index (χ0n) is 11.2. The molecule has 0 aliphatic rings. The Morgan fingerprint density at radius 1 is 1.30 bits per heavy atom. The first kappa shape index (κ1) is 12.5. The van der Waals surface area contributed by atoms with Crippen LogP contribution in [0.2, 0.25) is 0 Å². The molecule has 6 nitrogen and oxygen atoms in total. The van der Waals surface area contributed by atoms with E-state index in [1.807, 2.05) is 30.7 Å². The lowest BCUT2D eigenvalue weighted by molar-refractivity contribution is 0.620. The number of nitrogens with one attached hydrogen (secondary N) is 2. The second-order valence-corrected chi connectivity index (χ2v) is 4.80. The summed E-state index contributed by atoms with van der Waals surface area (Å²) in [5, 5.41) is 3.30. The van der Waals surface area contributed by atoms with E-state index in [1.54, 1.807) is 6.20 Å². The Hall–Kier alpha value is -2.50. The first-order valence-corrected chi connectivity index (χ1v) is 6.76. The van der Waals surface area contributed by atoms with Gasteiger partial charge in [-0.05, 0) is 31.0 Å². The number of rotatable bonds is 6. The number of hydrogen-bond acceptors (Lipinski definition) is 4. The Bertz CT molecular complexity index is 670. The van der Waals surface area contributed by atoms with Crippen LogP contribution in [-0.4, -0.2) is 26.1 Å². The minimum atomic E-state index is 0.744. The van der Waals surface area contributed by atoms with E-state index < -0.39 is 0 Å². The highest BCUT2D eigenvalue weighted by Gasteiger charge is 2.02. The largest absolute Gasteiger partial charge is 0.399 e. The Labute approximate surface area is 117 Å². The Balaban J connectivity index is 1.47. The first-order valence-electron chi connectivity index (χ1n) is 6.76. The number of aryl methyl sites for hydroxylation is 1. The molecule has 0 saturated heterocycles. The monoisotopic (exact) mass is 270 g/mol. The molecule has 6 heteroatoms. The average Bonchev–Trinajstić information content (AvgIpc) is 3.06. The molecule has 0 atom stereocenters. The van der Waals surface area contributed by atoms with E-state index in [0.29, 0.717) is 0 Å². The molecule has 1 aromatic carbocycles. The predicted octanol–water partition coefficient (Wildman–Crippen LogP) is 2.23. The maximum Gasteiger partial charge on any atom is 0.201 e. The van der Waals surface area contributed by atoms with Gasteiger partial charge in [-0.1, -0.05) is 0 Å². The summed E-state index contributed by atoms with van der Waals surface area (Å²) in [4.78, 5) is 11.7. The van der Waals surface area contributed by atoms with Crippen LogP contribution in [0.25, 0.3) is 11.0 Å². The molecule has 0 aliphatic carbocycles. The van der Waals surface area contributed by atoms with Crippen molar-refractivity contribution in [3.63, 3.8) is 0 Å². The Morgan fingerprint density at radius 2 is 2.25 bits per heavy atom. The molecular formula is C14H18N6. The summed E-state index contributed by atoms with van der Waals surface area (Å²) < 4.78 is 2.09. The van der Waals surface area contributed by atoms with Gasteiger partial charge in [-0.25, -0.2) is 9.97 Å². The summed E-state index contributed by atoms with van der Waals surface area (Å²) in [5.41, 5.74) is 8.38. The van der Waals surface area contributed by atoms with Gasteiger partial charge in [0.1, 0.15) is 0 Å². The lowest BCUT2D eigenvalue weighted by Gasteiger charge is -2.03. The molecule has 0 fully saturated rings. The minimum absolute atomic E-state index is 0.744. The third kappa shape index (κ3) is 2.90. The van der Waals surface area contributed by atoms with Gasteiger partial charge in [-0.3, -0.25) is 0 Å². The van der Waals surface area contributed by atoms with Crippen molar-refractivity contribution in [3.05, 3.63) is 36.9 Å². The molecule has 3 rings (SSSR count). The van der Waals surface area contributed by atoms with E-state index in [4.69, 9.17) is 5.73 Å². The summed E-state index contributed by atoms with van der Waals surface area (Å²) in [6, 6.07) is 5.68. The molecule has 3 aromatic rings. The topological polar surface area (TPSA) is 84.5 Å². The quantitative estimate of drug-likeness (QED) is 0.473. The highest BCUT2D eigenvalue weighted by atomic mass is 15.1.